The Morgan fingerprint density at radius 2 is 1.82 bits per heavy atom. The SMILES string of the molecule is COC(=O)[C@@](NC(=O)c1ccc(Cl)cc1Cl)(Nc1cccc(C)[nH+]1)C(F)(F)F. The first kappa shape index (κ1) is 21.8. The molecule has 150 valence electrons. The van der Waals surface area contributed by atoms with Crippen molar-refractivity contribution in [2.45, 2.75) is 18.8 Å². The lowest BCUT2D eigenvalue weighted by atomic mass is 10.1. The van der Waals surface area contributed by atoms with Crippen LogP contribution in [0.3, 0.4) is 0 Å². The number of alkyl halides is 3. The van der Waals surface area contributed by atoms with Crippen molar-refractivity contribution < 1.29 is 32.5 Å². The molecular formula is C17H15Cl2F3N3O3+. The Hall–Kier alpha value is -2.52. The summed E-state index contributed by atoms with van der Waals surface area (Å²) in [7, 11) is 0.770. The molecule has 3 N–H and O–H groups in total. The van der Waals surface area contributed by atoms with Gasteiger partial charge < -0.3 is 4.74 Å². The standard InChI is InChI=1S/C17H14Cl2F3N3O3/c1-9-4-3-5-13(23-9)24-16(15(27)28-2,17(20,21)22)25-14(26)11-7-6-10(18)8-12(11)19/h3-8H,1-2H3,(H,23,24)(H,25,26)/p+1/t16-/m0/s1. The van der Waals surface area contributed by atoms with E-state index in [2.05, 4.69) is 9.72 Å². The molecule has 1 aromatic heterocycles. The zero-order valence-corrected chi connectivity index (χ0v) is 16.1. The number of ether oxygens (including phenoxy) is 1. The van der Waals surface area contributed by atoms with E-state index in [0.717, 1.165) is 13.2 Å². The average molecular weight is 437 g/mol. The van der Waals surface area contributed by atoms with Gasteiger partial charge in [-0.15, -0.1) is 0 Å². The third kappa shape index (κ3) is 4.48. The maximum absolute atomic E-state index is 14.0. The molecule has 1 atom stereocenters. The number of methoxy groups -OCH3 is 1. The van der Waals surface area contributed by atoms with Gasteiger partial charge in [-0.3, -0.25) is 10.1 Å². The van der Waals surface area contributed by atoms with Crippen molar-refractivity contribution in [3.63, 3.8) is 0 Å². The fourth-order valence-electron chi connectivity index (χ4n) is 2.31. The summed E-state index contributed by atoms with van der Waals surface area (Å²) < 4.78 is 46.3. The van der Waals surface area contributed by atoms with Crippen LogP contribution < -0.4 is 15.6 Å². The Balaban J connectivity index is 2.53. The molecule has 28 heavy (non-hydrogen) atoms. The molecule has 6 nitrogen and oxygen atoms in total. The van der Waals surface area contributed by atoms with Crippen LogP contribution in [0.2, 0.25) is 10.0 Å². The van der Waals surface area contributed by atoms with E-state index in [9.17, 15) is 22.8 Å². The van der Waals surface area contributed by atoms with E-state index in [4.69, 9.17) is 23.2 Å². The molecule has 0 aliphatic carbocycles. The Kier molecular flexibility index (Phi) is 6.41. The highest BCUT2D eigenvalue weighted by Gasteiger charge is 2.67. The molecule has 0 unspecified atom stereocenters. The van der Waals surface area contributed by atoms with E-state index < -0.39 is 23.7 Å². The zero-order chi connectivity index (χ0) is 21.1. The summed E-state index contributed by atoms with van der Waals surface area (Å²) in [6.45, 7) is 1.60. The molecule has 0 aliphatic heterocycles. The van der Waals surface area contributed by atoms with E-state index in [-0.39, 0.29) is 21.4 Å². The minimum absolute atomic E-state index is 0.176. The maximum atomic E-state index is 14.0. The highest BCUT2D eigenvalue weighted by atomic mass is 35.5. The molecule has 1 aromatic carbocycles. The van der Waals surface area contributed by atoms with E-state index in [1.54, 1.807) is 18.3 Å². The minimum Gasteiger partial charge on any atom is -0.464 e. The summed E-state index contributed by atoms with van der Waals surface area (Å²) in [5.74, 6) is -3.21. The highest BCUT2D eigenvalue weighted by Crippen LogP contribution is 2.33. The lowest BCUT2D eigenvalue weighted by Crippen LogP contribution is -2.69. The number of halogens is 5. The van der Waals surface area contributed by atoms with Crippen LogP contribution in [-0.4, -0.2) is 30.8 Å². The molecular weight excluding hydrogens is 422 g/mol. The minimum atomic E-state index is -5.27. The number of aromatic amines is 1. The summed E-state index contributed by atoms with van der Waals surface area (Å²) in [6.07, 6.45) is -5.27. The summed E-state index contributed by atoms with van der Waals surface area (Å²) in [6, 6.07) is 7.93. The number of nitrogens with one attached hydrogen (secondary N) is 3. The maximum Gasteiger partial charge on any atom is 0.464 e. The number of hydrogen-bond donors (Lipinski definition) is 2. The normalized spacial score (nSPS) is 13.4. The summed E-state index contributed by atoms with van der Waals surface area (Å²) in [5, 5.41) is 3.67. The van der Waals surface area contributed by atoms with Crippen molar-refractivity contribution in [2.75, 3.05) is 12.4 Å². The molecule has 0 spiro atoms. The first-order valence-corrected chi connectivity index (χ1v) is 8.45. The number of esters is 1. The molecule has 2 aromatic rings. The van der Waals surface area contributed by atoms with Crippen molar-refractivity contribution >= 4 is 40.9 Å². The predicted molar refractivity (Wildman–Crippen MR) is 96.1 cm³/mol. The van der Waals surface area contributed by atoms with Crippen LogP contribution in [0.15, 0.2) is 36.4 Å². The summed E-state index contributed by atoms with van der Waals surface area (Å²) in [5.41, 5.74) is -3.37. The number of amides is 1. The van der Waals surface area contributed by atoms with Crippen molar-refractivity contribution in [1.29, 1.82) is 0 Å². The van der Waals surface area contributed by atoms with E-state index in [1.165, 1.54) is 24.3 Å². The van der Waals surface area contributed by atoms with Gasteiger partial charge in [0.15, 0.2) is 0 Å². The van der Waals surface area contributed by atoms with Gasteiger partial charge in [-0.1, -0.05) is 29.3 Å². The Labute approximate surface area is 168 Å². The van der Waals surface area contributed by atoms with Gasteiger partial charge >= 0.3 is 17.8 Å². The van der Waals surface area contributed by atoms with Crippen LogP contribution >= 0.6 is 23.2 Å². The molecule has 0 aliphatic rings. The van der Waals surface area contributed by atoms with Crippen LogP contribution in [0.25, 0.3) is 0 Å². The van der Waals surface area contributed by atoms with Crippen LogP contribution in [0, 0.1) is 6.92 Å². The third-order valence-corrected chi connectivity index (χ3v) is 4.20. The number of anilines is 1. The van der Waals surface area contributed by atoms with Gasteiger partial charge in [0, 0.05) is 11.1 Å². The van der Waals surface area contributed by atoms with E-state index in [1.807, 2.05) is 5.32 Å². The Bertz CT molecular complexity index is 909. The van der Waals surface area contributed by atoms with Crippen LogP contribution in [0.5, 0.6) is 0 Å². The molecule has 0 bridgehead atoms. The Morgan fingerprint density at radius 1 is 1.14 bits per heavy atom. The number of aryl methyl sites for hydroxylation is 1. The van der Waals surface area contributed by atoms with Crippen molar-refractivity contribution in [3.05, 3.63) is 57.7 Å². The first-order chi connectivity index (χ1) is 13.0. The highest BCUT2D eigenvalue weighted by molar-refractivity contribution is 6.36. The monoisotopic (exact) mass is 436 g/mol. The second-order valence-corrected chi connectivity index (χ2v) is 6.53. The lowest BCUT2D eigenvalue weighted by Gasteiger charge is -2.30. The molecule has 1 heterocycles. The summed E-state index contributed by atoms with van der Waals surface area (Å²) in [4.78, 5) is 27.3. The van der Waals surface area contributed by atoms with Crippen LogP contribution in [0.4, 0.5) is 19.0 Å². The fourth-order valence-corrected chi connectivity index (χ4v) is 2.81. The quantitative estimate of drug-likeness (QED) is 0.555. The molecule has 11 heteroatoms. The number of rotatable bonds is 5. The number of H-pyrrole nitrogens is 1. The fraction of sp³-hybridized carbons (Fsp3) is 0.235. The third-order valence-electron chi connectivity index (χ3n) is 3.66. The van der Waals surface area contributed by atoms with E-state index >= 15 is 0 Å². The van der Waals surface area contributed by atoms with Gasteiger partial charge in [0.25, 0.3) is 11.7 Å². The van der Waals surface area contributed by atoms with Gasteiger partial charge in [-0.25, -0.2) is 15.1 Å². The smallest absolute Gasteiger partial charge is 0.464 e. The molecule has 0 saturated heterocycles. The van der Waals surface area contributed by atoms with Crippen molar-refractivity contribution in [3.8, 4) is 0 Å². The van der Waals surface area contributed by atoms with Gasteiger partial charge in [0.2, 0.25) is 0 Å². The zero-order valence-electron chi connectivity index (χ0n) is 14.6. The number of carbonyl (C=O) groups is 2. The molecule has 0 radical (unpaired) electrons. The molecule has 1 amide bonds. The molecule has 0 saturated carbocycles. The largest absolute Gasteiger partial charge is 0.464 e. The van der Waals surface area contributed by atoms with Gasteiger partial charge in [-0.2, -0.15) is 13.2 Å². The number of hydrogen-bond acceptors (Lipinski definition) is 4. The number of benzene rings is 1. The van der Waals surface area contributed by atoms with Gasteiger partial charge in [0.1, 0.15) is 0 Å². The number of pyridine rings is 1. The second-order valence-electron chi connectivity index (χ2n) is 5.69. The van der Waals surface area contributed by atoms with Crippen LogP contribution in [-0.2, 0) is 9.53 Å². The van der Waals surface area contributed by atoms with Crippen molar-refractivity contribution in [2.24, 2.45) is 0 Å². The number of carbonyl (C=O) groups excluding carboxylic acids is 2. The van der Waals surface area contributed by atoms with Crippen LogP contribution in [0.1, 0.15) is 16.1 Å². The Morgan fingerprint density at radius 3 is 2.36 bits per heavy atom. The predicted octanol–water partition coefficient (Wildman–Crippen LogP) is 3.39. The first-order valence-electron chi connectivity index (χ1n) is 7.70. The summed E-state index contributed by atoms with van der Waals surface area (Å²) >= 11 is 11.6. The van der Waals surface area contributed by atoms with Gasteiger partial charge in [0.05, 0.1) is 23.4 Å². The number of aromatic nitrogens is 1. The lowest BCUT2D eigenvalue weighted by molar-refractivity contribution is -0.372. The average Bonchev–Trinajstić information content (AvgIpc) is 2.59. The van der Waals surface area contributed by atoms with Gasteiger partial charge in [-0.05, 0) is 31.2 Å². The topological polar surface area (TPSA) is 81.6 Å². The molecule has 2 rings (SSSR count). The second kappa shape index (κ2) is 8.24. The van der Waals surface area contributed by atoms with Crippen molar-refractivity contribution in [1.82, 2.24) is 5.32 Å². The molecule has 0 fully saturated rings. The van der Waals surface area contributed by atoms with E-state index in [0.29, 0.717) is 5.69 Å².